The van der Waals surface area contributed by atoms with Gasteiger partial charge in [-0.2, -0.15) is 0 Å². The summed E-state index contributed by atoms with van der Waals surface area (Å²) in [6.07, 6.45) is 2.70. The Labute approximate surface area is 117 Å². The standard InChI is InChI=1S/C13H15ClO4S/c1-2-10-5-6-11(7-12(10)19(14,16)17)13(15)18-8-9-3-4-9/h5-7,9H,2-4,8H2,1H3. The average molecular weight is 303 g/mol. The van der Waals surface area contributed by atoms with Crippen LogP contribution in [0, 0.1) is 5.92 Å². The second kappa shape index (κ2) is 5.51. The van der Waals surface area contributed by atoms with Crippen molar-refractivity contribution in [3.63, 3.8) is 0 Å². The maximum Gasteiger partial charge on any atom is 0.338 e. The fraction of sp³-hybridized carbons (Fsp3) is 0.462. The minimum atomic E-state index is -3.86. The van der Waals surface area contributed by atoms with Crippen molar-refractivity contribution >= 4 is 25.7 Å². The van der Waals surface area contributed by atoms with Gasteiger partial charge in [0.25, 0.3) is 9.05 Å². The molecule has 19 heavy (non-hydrogen) atoms. The van der Waals surface area contributed by atoms with Crippen molar-refractivity contribution in [3.8, 4) is 0 Å². The van der Waals surface area contributed by atoms with Gasteiger partial charge in [0.2, 0.25) is 0 Å². The van der Waals surface area contributed by atoms with E-state index in [1.54, 1.807) is 12.1 Å². The molecule has 0 radical (unpaired) electrons. The molecule has 0 bridgehead atoms. The van der Waals surface area contributed by atoms with Crippen LogP contribution in [0.1, 0.15) is 35.7 Å². The Morgan fingerprint density at radius 3 is 2.63 bits per heavy atom. The molecule has 1 aliphatic carbocycles. The molecule has 0 aromatic heterocycles. The Bertz CT molecular complexity index is 591. The van der Waals surface area contributed by atoms with Gasteiger partial charge >= 0.3 is 5.97 Å². The van der Waals surface area contributed by atoms with Crippen LogP contribution in [-0.2, 0) is 20.2 Å². The Hall–Kier alpha value is -1.07. The molecule has 1 saturated carbocycles. The van der Waals surface area contributed by atoms with E-state index in [1.165, 1.54) is 6.07 Å². The molecule has 0 amide bonds. The summed E-state index contributed by atoms with van der Waals surface area (Å²) in [6, 6.07) is 4.46. The molecule has 1 aromatic carbocycles. The first-order valence-corrected chi connectivity index (χ1v) is 8.47. The lowest BCUT2D eigenvalue weighted by molar-refractivity contribution is 0.0486. The molecule has 2 rings (SSSR count). The van der Waals surface area contributed by atoms with Gasteiger partial charge in [-0.1, -0.05) is 13.0 Å². The molecule has 104 valence electrons. The van der Waals surface area contributed by atoms with Crippen LogP contribution in [0.4, 0.5) is 0 Å². The Morgan fingerprint density at radius 1 is 1.42 bits per heavy atom. The summed E-state index contributed by atoms with van der Waals surface area (Å²) >= 11 is 0. The second-order valence-corrected chi connectivity index (χ2v) is 7.19. The van der Waals surface area contributed by atoms with Crippen LogP contribution >= 0.6 is 10.7 Å². The monoisotopic (exact) mass is 302 g/mol. The lowest BCUT2D eigenvalue weighted by Crippen LogP contribution is -2.09. The summed E-state index contributed by atoms with van der Waals surface area (Å²) in [5, 5.41) is 0. The van der Waals surface area contributed by atoms with E-state index < -0.39 is 15.0 Å². The van der Waals surface area contributed by atoms with E-state index in [2.05, 4.69) is 0 Å². The van der Waals surface area contributed by atoms with Crippen LogP contribution in [-0.4, -0.2) is 21.0 Å². The molecule has 1 fully saturated rings. The lowest BCUT2D eigenvalue weighted by atomic mass is 10.1. The van der Waals surface area contributed by atoms with Crippen molar-refractivity contribution in [2.45, 2.75) is 31.1 Å². The number of carbonyl (C=O) groups excluding carboxylic acids is 1. The number of halogens is 1. The van der Waals surface area contributed by atoms with Gasteiger partial charge < -0.3 is 4.74 Å². The van der Waals surface area contributed by atoms with E-state index in [0.29, 0.717) is 24.5 Å². The molecule has 1 aliphatic rings. The first kappa shape index (κ1) is 14.3. The quantitative estimate of drug-likeness (QED) is 0.620. The fourth-order valence-electron chi connectivity index (χ4n) is 1.76. The van der Waals surface area contributed by atoms with Crippen LogP contribution in [0.2, 0.25) is 0 Å². The van der Waals surface area contributed by atoms with Crippen molar-refractivity contribution in [2.24, 2.45) is 5.92 Å². The third-order valence-corrected chi connectivity index (χ3v) is 4.50. The minimum absolute atomic E-state index is 0.0162. The third-order valence-electron chi connectivity index (χ3n) is 3.09. The number of ether oxygens (including phenoxy) is 1. The zero-order valence-corrected chi connectivity index (χ0v) is 12.1. The number of carbonyl (C=O) groups is 1. The zero-order valence-electron chi connectivity index (χ0n) is 10.6. The molecular weight excluding hydrogens is 288 g/mol. The predicted octanol–water partition coefficient (Wildman–Crippen LogP) is 2.74. The predicted molar refractivity (Wildman–Crippen MR) is 71.9 cm³/mol. The Balaban J connectivity index is 2.23. The van der Waals surface area contributed by atoms with Gasteiger partial charge in [0, 0.05) is 10.7 Å². The molecular formula is C13H15ClO4S. The maximum absolute atomic E-state index is 11.8. The van der Waals surface area contributed by atoms with Crippen molar-refractivity contribution in [2.75, 3.05) is 6.61 Å². The molecule has 4 nitrogen and oxygen atoms in total. The Kier molecular flexibility index (Phi) is 4.16. The van der Waals surface area contributed by atoms with Gasteiger partial charge in [0.1, 0.15) is 0 Å². The first-order chi connectivity index (χ1) is 8.91. The van der Waals surface area contributed by atoms with Gasteiger partial charge in [0.05, 0.1) is 17.1 Å². The van der Waals surface area contributed by atoms with E-state index >= 15 is 0 Å². The van der Waals surface area contributed by atoms with Gasteiger partial charge in [-0.05, 0) is 42.9 Å². The normalized spacial score (nSPS) is 15.3. The summed E-state index contributed by atoms with van der Waals surface area (Å²) in [7, 11) is 1.52. The van der Waals surface area contributed by atoms with Crippen LogP contribution < -0.4 is 0 Å². The number of esters is 1. The number of benzene rings is 1. The van der Waals surface area contributed by atoms with Crippen molar-refractivity contribution < 1.29 is 17.9 Å². The highest BCUT2D eigenvalue weighted by atomic mass is 35.7. The third kappa shape index (κ3) is 3.70. The van der Waals surface area contributed by atoms with Crippen LogP contribution in [0.25, 0.3) is 0 Å². The maximum atomic E-state index is 11.8. The molecule has 0 heterocycles. The lowest BCUT2D eigenvalue weighted by Gasteiger charge is -2.08. The highest BCUT2D eigenvalue weighted by molar-refractivity contribution is 8.13. The average Bonchev–Trinajstić information content (AvgIpc) is 3.18. The van der Waals surface area contributed by atoms with E-state index in [4.69, 9.17) is 15.4 Å². The van der Waals surface area contributed by atoms with Crippen molar-refractivity contribution in [3.05, 3.63) is 29.3 Å². The number of hydrogen-bond acceptors (Lipinski definition) is 4. The smallest absolute Gasteiger partial charge is 0.338 e. The molecule has 0 saturated heterocycles. The highest BCUT2D eigenvalue weighted by Gasteiger charge is 2.24. The highest BCUT2D eigenvalue weighted by Crippen LogP contribution is 2.29. The summed E-state index contributed by atoms with van der Waals surface area (Å²) in [5.41, 5.74) is 0.811. The van der Waals surface area contributed by atoms with Gasteiger partial charge in [-0.15, -0.1) is 0 Å². The second-order valence-electron chi connectivity index (χ2n) is 4.66. The van der Waals surface area contributed by atoms with E-state index in [-0.39, 0.29) is 10.5 Å². The van der Waals surface area contributed by atoms with E-state index in [1.807, 2.05) is 6.92 Å². The topological polar surface area (TPSA) is 60.4 Å². The van der Waals surface area contributed by atoms with Crippen LogP contribution in [0.3, 0.4) is 0 Å². The summed E-state index contributed by atoms with van der Waals surface area (Å²) in [5.74, 6) is -0.0359. The number of hydrogen-bond donors (Lipinski definition) is 0. The molecule has 0 aliphatic heterocycles. The fourth-order valence-corrected chi connectivity index (χ4v) is 2.99. The molecule has 0 atom stereocenters. The van der Waals surface area contributed by atoms with Gasteiger partial charge in [-0.25, -0.2) is 13.2 Å². The number of aryl methyl sites for hydroxylation is 1. The number of rotatable bonds is 5. The van der Waals surface area contributed by atoms with Crippen molar-refractivity contribution in [1.29, 1.82) is 0 Å². The summed E-state index contributed by atoms with van der Waals surface area (Å²) in [4.78, 5) is 11.8. The largest absolute Gasteiger partial charge is 0.462 e. The molecule has 1 aromatic rings. The molecule has 0 unspecified atom stereocenters. The molecule has 0 spiro atoms. The van der Waals surface area contributed by atoms with Gasteiger partial charge in [-0.3, -0.25) is 0 Å². The molecule has 0 N–H and O–H groups in total. The van der Waals surface area contributed by atoms with E-state index in [9.17, 15) is 13.2 Å². The van der Waals surface area contributed by atoms with E-state index in [0.717, 1.165) is 12.8 Å². The van der Waals surface area contributed by atoms with Crippen LogP contribution in [0.15, 0.2) is 23.1 Å². The molecule has 6 heteroatoms. The SMILES string of the molecule is CCc1ccc(C(=O)OCC2CC2)cc1S(=O)(=O)Cl. The first-order valence-electron chi connectivity index (χ1n) is 6.16. The van der Waals surface area contributed by atoms with Crippen molar-refractivity contribution in [1.82, 2.24) is 0 Å². The Morgan fingerprint density at radius 2 is 2.11 bits per heavy atom. The van der Waals surface area contributed by atoms with Crippen LogP contribution in [0.5, 0.6) is 0 Å². The summed E-state index contributed by atoms with van der Waals surface area (Å²) in [6.45, 7) is 2.23. The summed E-state index contributed by atoms with van der Waals surface area (Å²) < 4.78 is 28.1. The minimum Gasteiger partial charge on any atom is -0.462 e. The zero-order chi connectivity index (χ0) is 14.0. The van der Waals surface area contributed by atoms with Gasteiger partial charge in [0.15, 0.2) is 0 Å².